The molecule has 0 saturated carbocycles. The van der Waals surface area contributed by atoms with Crippen LogP contribution in [0.25, 0.3) is 21.8 Å². The molecule has 0 aliphatic heterocycles. The topological polar surface area (TPSA) is 51.5 Å². The highest BCUT2D eigenvalue weighted by Crippen LogP contribution is 2.31. The summed E-state index contributed by atoms with van der Waals surface area (Å²) < 4.78 is 43.1. The van der Waals surface area contributed by atoms with Gasteiger partial charge in [-0.1, -0.05) is 0 Å². The average Bonchev–Trinajstić information content (AvgIpc) is 2.84. The highest BCUT2D eigenvalue weighted by Gasteiger charge is 2.32. The molecule has 27 heavy (non-hydrogen) atoms. The van der Waals surface area contributed by atoms with Crippen LogP contribution in [-0.2, 0) is 17.9 Å². The Hall–Kier alpha value is -1.67. The first kappa shape index (κ1) is 20.1. The Kier molecular flexibility index (Phi) is 5.49. The SMILES string of the molecule is CC(C)N(CC(C)(O)Cn1c2ccc(F)cc2c2cc(F)ccc21)[S+](C)[O-]. The second-order valence-corrected chi connectivity index (χ2v) is 8.82. The molecule has 0 radical (unpaired) electrons. The Labute approximate surface area is 160 Å². The van der Waals surface area contributed by atoms with E-state index in [0.717, 1.165) is 0 Å². The number of nitrogens with zero attached hydrogens (tertiary/aromatic N) is 2. The van der Waals surface area contributed by atoms with Gasteiger partial charge < -0.3 is 14.2 Å². The first-order valence-electron chi connectivity index (χ1n) is 8.78. The minimum atomic E-state index is -1.22. The molecular formula is C20H24F2N2O2S. The number of hydrogen-bond donors (Lipinski definition) is 1. The molecule has 3 aromatic rings. The van der Waals surface area contributed by atoms with Crippen molar-refractivity contribution in [3.8, 4) is 0 Å². The largest absolute Gasteiger partial charge is 0.598 e. The van der Waals surface area contributed by atoms with Gasteiger partial charge in [-0.15, -0.1) is 4.31 Å². The van der Waals surface area contributed by atoms with Crippen LogP contribution in [0.15, 0.2) is 36.4 Å². The Bertz CT molecular complexity index is 902. The number of benzene rings is 2. The van der Waals surface area contributed by atoms with E-state index in [1.807, 2.05) is 18.4 Å². The molecule has 0 fully saturated rings. The molecular weight excluding hydrogens is 370 g/mol. The average molecular weight is 394 g/mol. The van der Waals surface area contributed by atoms with Gasteiger partial charge in [-0.2, -0.15) is 0 Å². The van der Waals surface area contributed by atoms with Crippen LogP contribution in [0.1, 0.15) is 20.8 Å². The van der Waals surface area contributed by atoms with Crippen LogP contribution in [0.4, 0.5) is 8.78 Å². The second-order valence-electron chi connectivity index (χ2n) is 7.50. The number of hydrogen-bond acceptors (Lipinski definition) is 3. The minimum absolute atomic E-state index is 0.00338. The fourth-order valence-electron chi connectivity index (χ4n) is 3.52. The van der Waals surface area contributed by atoms with Gasteiger partial charge in [0.1, 0.15) is 17.9 Å². The molecule has 4 nitrogen and oxygen atoms in total. The van der Waals surface area contributed by atoms with E-state index in [-0.39, 0.29) is 19.1 Å². The summed E-state index contributed by atoms with van der Waals surface area (Å²) in [6, 6.07) is 8.74. The molecule has 0 aliphatic carbocycles. The van der Waals surface area contributed by atoms with Crippen molar-refractivity contribution in [2.75, 3.05) is 12.8 Å². The zero-order valence-electron chi connectivity index (χ0n) is 15.9. The van der Waals surface area contributed by atoms with Gasteiger partial charge in [0.05, 0.1) is 18.7 Å². The highest BCUT2D eigenvalue weighted by atomic mass is 32.2. The summed E-state index contributed by atoms with van der Waals surface area (Å²) in [4.78, 5) is 0. The van der Waals surface area contributed by atoms with E-state index in [9.17, 15) is 18.4 Å². The lowest BCUT2D eigenvalue weighted by atomic mass is 10.1. The summed E-state index contributed by atoms with van der Waals surface area (Å²) in [6.07, 6.45) is 1.59. The maximum atomic E-state index is 13.8. The van der Waals surface area contributed by atoms with Gasteiger partial charge in [0.25, 0.3) is 0 Å². The van der Waals surface area contributed by atoms with E-state index in [2.05, 4.69) is 0 Å². The van der Waals surface area contributed by atoms with Crippen LogP contribution < -0.4 is 0 Å². The van der Waals surface area contributed by atoms with Crippen molar-refractivity contribution in [3.63, 3.8) is 0 Å². The van der Waals surface area contributed by atoms with Crippen LogP contribution >= 0.6 is 0 Å². The Morgan fingerprint density at radius 3 is 2.00 bits per heavy atom. The van der Waals surface area contributed by atoms with Crippen LogP contribution in [-0.4, -0.2) is 43.0 Å². The summed E-state index contributed by atoms with van der Waals surface area (Å²) in [6.45, 7) is 5.93. The molecule has 1 N–H and O–H groups in total. The smallest absolute Gasteiger partial charge is 0.123 e. The zero-order chi connectivity index (χ0) is 19.9. The Balaban J connectivity index is 2.07. The maximum Gasteiger partial charge on any atom is 0.123 e. The molecule has 2 atom stereocenters. The molecule has 3 rings (SSSR count). The van der Waals surface area contributed by atoms with Crippen LogP contribution in [0.3, 0.4) is 0 Å². The minimum Gasteiger partial charge on any atom is -0.598 e. The van der Waals surface area contributed by atoms with Gasteiger partial charge in [0, 0.05) is 39.2 Å². The van der Waals surface area contributed by atoms with E-state index >= 15 is 0 Å². The predicted octanol–water partition coefficient (Wildman–Crippen LogP) is 3.83. The number of fused-ring (bicyclic) bond motifs is 3. The molecule has 0 spiro atoms. The number of aromatic nitrogens is 1. The van der Waals surface area contributed by atoms with E-state index < -0.39 is 28.6 Å². The van der Waals surface area contributed by atoms with Gasteiger partial charge in [0.2, 0.25) is 0 Å². The quantitative estimate of drug-likeness (QED) is 0.647. The molecule has 0 amide bonds. The summed E-state index contributed by atoms with van der Waals surface area (Å²) in [5.74, 6) is -0.796. The monoisotopic (exact) mass is 394 g/mol. The molecule has 2 unspecified atom stereocenters. The number of halogens is 2. The molecule has 1 aromatic heterocycles. The van der Waals surface area contributed by atoms with Crippen molar-refractivity contribution in [2.24, 2.45) is 0 Å². The summed E-state index contributed by atoms with van der Waals surface area (Å²) in [7, 11) is 0. The normalized spacial score (nSPS) is 15.8. The zero-order valence-corrected chi connectivity index (χ0v) is 16.7. The van der Waals surface area contributed by atoms with E-state index in [1.165, 1.54) is 24.3 Å². The van der Waals surface area contributed by atoms with Crippen molar-refractivity contribution >= 4 is 33.2 Å². The van der Waals surface area contributed by atoms with Crippen molar-refractivity contribution in [3.05, 3.63) is 48.0 Å². The highest BCUT2D eigenvalue weighted by molar-refractivity contribution is 7.88. The fraction of sp³-hybridized carbons (Fsp3) is 0.400. The maximum absolute atomic E-state index is 13.8. The third kappa shape index (κ3) is 4.11. The predicted molar refractivity (Wildman–Crippen MR) is 106 cm³/mol. The molecule has 7 heteroatoms. The summed E-state index contributed by atoms with van der Waals surface area (Å²) >= 11 is -1.22. The van der Waals surface area contributed by atoms with Gasteiger partial charge in [0.15, 0.2) is 0 Å². The van der Waals surface area contributed by atoms with Gasteiger partial charge >= 0.3 is 0 Å². The van der Waals surface area contributed by atoms with Crippen LogP contribution in [0.5, 0.6) is 0 Å². The lowest BCUT2D eigenvalue weighted by Crippen LogP contribution is -2.48. The Morgan fingerprint density at radius 2 is 1.59 bits per heavy atom. The molecule has 0 saturated heterocycles. The Morgan fingerprint density at radius 1 is 1.11 bits per heavy atom. The van der Waals surface area contributed by atoms with Gasteiger partial charge in [-0.3, -0.25) is 0 Å². The van der Waals surface area contributed by atoms with Crippen LogP contribution in [0, 0.1) is 11.6 Å². The molecule has 146 valence electrons. The standard InChI is InChI=1S/C20H24F2N2O2S/c1-13(2)24(27(4)26)12-20(3,25)11-23-18-7-5-14(21)9-16(18)17-10-15(22)6-8-19(17)23/h5-10,13,25H,11-12H2,1-4H3. The number of aliphatic hydroxyl groups is 1. The molecule has 0 aliphatic rings. The summed E-state index contributed by atoms with van der Waals surface area (Å²) in [5, 5.41) is 12.2. The van der Waals surface area contributed by atoms with E-state index in [4.69, 9.17) is 0 Å². The number of rotatable bonds is 6. The molecule has 2 aromatic carbocycles. The first-order valence-corrected chi connectivity index (χ1v) is 10.3. The molecule has 1 heterocycles. The van der Waals surface area contributed by atoms with Crippen molar-refractivity contribution in [1.82, 2.24) is 8.87 Å². The van der Waals surface area contributed by atoms with Crippen molar-refractivity contribution < 1.29 is 18.4 Å². The van der Waals surface area contributed by atoms with E-state index in [1.54, 1.807) is 29.6 Å². The lowest BCUT2D eigenvalue weighted by Gasteiger charge is -2.33. The van der Waals surface area contributed by atoms with Crippen LogP contribution in [0.2, 0.25) is 0 Å². The molecule has 0 bridgehead atoms. The second kappa shape index (κ2) is 7.39. The van der Waals surface area contributed by atoms with E-state index in [0.29, 0.717) is 21.8 Å². The third-order valence-electron chi connectivity index (χ3n) is 4.69. The van der Waals surface area contributed by atoms with Gasteiger partial charge in [-0.25, -0.2) is 8.78 Å². The van der Waals surface area contributed by atoms with Crippen molar-refractivity contribution in [2.45, 2.75) is 39.0 Å². The summed E-state index contributed by atoms with van der Waals surface area (Å²) in [5.41, 5.74) is 0.231. The first-order chi connectivity index (χ1) is 12.6. The third-order valence-corrected chi connectivity index (χ3v) is 5.90. The van der Waals surface area contributed by atoms with Gasteiger partial charge in [-0.05, 0) is 57.2 Å². The van der Waals surface area contributed by atoms with Crippen molar-refractivity contribution in [1.29, 1.82) is 0 Å². The lowest BCUT2D eigenvalue weighted by molar-refractivity contribution is 0.0214. The fourth-order valence-corrected chi connectivity index (χ4v) is 4.57.